The molecule has 0 spiro atoms. The van der Waals surface area contributed by atoms with Crippen molar-refractivity contribution in [1.82, 2.24) is 0 Å². The summed E-state index contributed by atoms with van der Waals surface area (Å²) in [5.74, 6) is 0. The number of quaternary nitrogens is 1. The van der Waals surface area contributed by atoms with Gasteiger partial charge in [-0.1, -0.05) is 77.6 Å². The maximum atomic E-state index is 11.5. The Morgan fingerprint density at radius 1 is 0.714 bits per heavy atom. The number of rotatable bonds is 13. The van der Waals surface area contributed by atoms with Crippen LogP contribution in [0.1, 0.15) is 84.0 Å². The van der Waals surface area contributed by atoms with E-state index >= 15 is 0 Å². The quantitative estimate of drug-likeness (QED) is 0.330. The third kappa shape index (κ3) is 14.1. The molecule has 0 aromatic carbocycles. The van der Waals surface area contributed by atoms with E-state index in [1.165, 1.54) is 70.6 Å². The molecule has 0 unspecified atom stereocenters. The zero-order valence-electron chi connectivity index (χ0n) is 15.0. The van der Waals surface area contributed by atoms with Gasteiger partial charge in [0.15, 0.2) is 0 Å². The molecule has 126 valence electrons. The smallest absolute Gasteiger partial charge is 0.420 e. The minimum Gasteiger partial charge on any atom is -0.420 e. The van der Waals surface area contributed by atoms with E-state index in [1.54, 1.807) is 0 Å². The molecule has 0 aromatic rings. The van der Waals surface area contributed by atoms with Crippen LogP contribution in [0.4, 0.5) is 4.79 Å². The van der Waals surface area contributed by atoms with Gasteiger partial charge in [-0.2, -0.15) is 4.79 Å². The second-order valence-corrected chi connectivity index (χ2v) is 7.02. The SMILES string of the molecule is CCCCCCCCCCCCCCOC(=O)[N+](C)(C)C. The van der Waals surface area contributed by atoms with E-state index in [0.29, 0.717) is 6.61 Å². The predicted octanol–water partition coefficient (Wildman–Crippen LogP) is 5.53. The Kier molecular flexibility index (Phi) is 12.8. The van der Waals surface area contributed by atoms with Gasteiger partial charge in [0.25, 0.3) is 0 Å². The minimum atomic E-state index is -0.141. The molecular weight excluding hydrogens is 262 g/mol. The van der Waals surface area contributed by atoms with Crippen molar-refractivity contribution >= 4 is 6.09 Å². The van der Waals surface area contributed by atoms with E-state index in [-0.39, 0.29) is 10.6 Å². The van der Waals surface area contributed by atoms with Crippen molar-refractivity contribution in [1.29, 1.82) is 0 Å². The maximum absolute atomic E-state index is 11.5. The lowest BCUT2D eigenvalue weighted by atomic mass is 10.1. The molecule has 0 saturated heterocycles. The Morgan fingerprint density at radius 3 is 1.48 bits per heavy atom. The summed E-state index contributed by atoms with van der Waals surface area (Å²) in [4.78, 5) is 11.5. The number of carbonyl (C=O) groups excluding carboxylic acids is 1. The van der Waals surface area contributed by atoms with Crippen LogP contribution >= 0.6 is 0 Å². The average Bonchev–Trinajstić information content (AvgIpc) is 2.42. The molecule has 0 bridgehead atoms. The normalized spacial score (nSPS) is 11.6. The highest BCUT2D eigenvalue weighted by atomic mass is 16.6. The van der Waals surface area contributed by atoms with Crippen molar-refractivity contribution in [3.8, 4) is 0 Å². The summed E-state index contributed by atoms with van der Waals surface area (Å²) in [5.41, 5.74) is 0. The first kappa shape index (κ1) is 20.4. The van der Waals surface area contributed by atoms with E-state index in [0.717, 1.165) is 6.42 Å². The monoisotopic (exact) mass is 300 g/mol. The van der Waals surface area contributed by atoms with E-state index in [2.05, 4.69) is 6.92 Å². The molecular formula is C18H38NO2+. The summed E-state index contributed by atoms with van der Waals surface area (Å²) in [6, 6.07) is 0. The van der Waals surface area contributed by atoms with Crippen LogP contribution in [0.3, 0.4) is 0 Å². The second kappa shape index (κ2) is 13.1. The lowest BCUT2D eigenvalue weighted by Gasteiger charge is -2.19. The highest BCUT2D eigenvalue weighted by molar-refractivity contribution is 5.58. The molecule has 0 atom stereocenters. The molecule has 0 fully saturated rings. The van der Waals surface area contributed by atoms with Gasteiger partial charge < -0.3 is 4.74 Å². The fraction of sp³-hybridized carbons (Fsp3) is 0.944. The van der Waals surface area contributed by atoms with Gasteiger partial charge in [-0.15, -0.1) is 0 Å². The maximum Gasteiger partial charge on any atom is 0.515 e. The average molecular weight is 301 g/mol. The Hall–Kier alpha value is -0.570. The van der Waals surface area contributed by atoms with Crippen LogP contribution in [0.15, 0.2) is 0 Å². The van der Waals surface area contributed by atoms with Gasteiger partial charge >= 0.3 is 6.09 Å². The number of unbranched alkanes of at least 4 members (excludes halogenated alkanes) is 11. The van der Waals surface area contributed by atoms with Crippen molar-refractivity contribution in [2.75, 3.05) is 27.7 Å². The van der Waals surface area contributed by atoms with Crippen molar-refractivity contribution in [2.45, 2.75) is 84.0 Å². The predicted molar refractivity (Wildman–Crippen MR) is 90.5 cm³/mol. The Balaban J connectivity index is 3.14. The van der Waals surface area contributed by atoms with Gasteiger partial charge in [-0.05, 0) is 6.42 Å². The standard InChI is InChI=1S/C18H38NO2/c1-5-6-7-8-9-10-11-12-13-14-15-16-17-21-18(20)19(2,3)4/h5-17H2,1-4H3/q+1. The Labute approximate surface area is 132 Å². The van der Waals surface area contributed by atoms with Gasteiger partial charge in [0.1, 0.15) is 0 Å². The molecule has 3 nitrogen and oxygen atoms in total. The molecule has 1 amide bonds. The summed E-state index contributed by atoms with van der Waals surface area (Å²) in [6.07, 6.45) is 15.8. The van der Waals surface area contributed by atoms with Crippen molar-refractivity contribution in [3.63, 3.8) is 0 Å². The number of amides is 1. The van der Waals surface area contributed by atoms with Crippen molar-refractivity contribution in [3.05, 3.63) is 0 Å². The van der Waals surface area contributed by atoms with Crippen LogP contribution < -0.4 is 0 Å². The molecule has 3 heteroatoms. The molecule has 0 aliphatic rings. The number of hydrogen-bond acceptors (Lipinski definition) is 2. The summed E-state index contributed by atoms with van der Waals surface area (Å²) < 4.78 is 5.48. The highest BCUT2D eigenvalue weighted by Crippen LogP contribution is 2.12. The van der Waals surface area contributed by atoms with E-state index in [9.17, 15) is 4.79 Å². The third-order valence-electron chi connectivity index (χ3n) is 3.77. The second-order valence-electron chi connectivity index (χ2n) is 7.02. The number of ether oxygens (including phenoxy) is 1. The number of carbonyl (C=O) groups is 1. The number of hydrogen-bond donors (Lipinski definition) is 0. The van der Waals surface area contributed by atoms with Gasteiger partial charge in [-0.25, -0.2) is 4.48 Å². The largest absolute Gasteiger partial charge is 0.515 e. The van der Waals surface area contributed by atoms with Crippen molar-refractivity contribution in [2.24, 2.45) is 0 Å². The lowest BCUT2D eigenvalue weighted by Crippen LogP contribution is -2.41. The summed E-state index contributed by atoms with van der Waals surface area (Å²) in [5, 5.41) is 0. The topological polar surface area (TPSA) is 26.3 Å². The van der Waals surface area contributed by atoms with E-state index in [1.807, 2.05) is 21.1 Å². The van der Waals surface area contributed by atoms with Gasteiger partial charge in [0, 0.05) is 0 Å². The Bertz CT molecular complexity index is 246. The summed E-state index contributed by atoms with van der Waals surface area (Å²) in [7, 11) is 5.51. The fourth-order valence-electron chi connectivity index (χ4n) is 2.30. The highest BCUT2D eigenvalue weighted by Gasteiger charge is 2.21. The number of nitrogens with zero attached hydrogens (tertiary/aromatic N) is 1. The van der Waals surface area contributed by atoms with E-state index < -0.39 is 0 Å². The molecule has 0 heterocycles. The summed E-state index contributed by atoms with van der Waals surface area (Å²) >= 11 is 0. The van der Waals surface area contributed by atoms with Crippen LogP contribution in [0.25, 0.3) is 0 Å². The van der Waals surface area contributed by atoms with Gasteiger partial charge in [0.05, 0.1) is 27.7 Å². The van der Waals surface area contributed by atoms with Crippen LogP contribution in [0, 0.1) is 0 Å². The zero-order valence-corrected chi connectivity index (χ0v) is 15.0. The first-order valence-electron chi connectivity index (χ1n) is 8.97. The van der Waals surface area contributed by atoms with Crippen LogP contribution in [0.2, 0.25) is 0 Å². The Morgan fingerprint density at radius 2 is 1.10 bits per heavy atom. The first-order chi connectivity index (χ1) is 9.98. The molecule has 0 aromatic heterocycles. The molecule has 0 aliphatic carbocycles. The first-order valence-corrected chi connectivity index (χ1v) is 8.97. The van der Waals surface area contributed by atoms with Crippen LogP contribution in [0.5, 0.6) is 0 Å². The fourth-order valence-corrected chi connectivity index (χ4v) is 2.30. The molecule has 0 rings (SSSR count). The third-order valence-corrected chi connectivity index (χ3v) is 3.77. The molecule has 0 aliphatic heterocycles. The van der Waals surface area contributed by atoms with Crippen LogP contribution in [-0.2, 0) is 4.74 Å². The van der Waals surface area contributed by atoms with Gasteiger partial charge in [0.2, 0.25) is 0 Å². The summed E-state index contributed by atoms with van der Waals surface area (Å²) in [6.45, 7) is 2.84. The molecule has 0 saturated carbocycles. The van der Waals surface area contributed by atoms with E-state index in [4.69, 9.17) is 4.74 Å². The van der Waals surface area contributed by atoms with Crippen LogP contribution in [-0.4, -0.2) is 38.3 Å². The van der Waals surface area contributed by atoms with Crippen molar-refractivity contribution < 1.29 is 14.0 Å². The zero-order chi connectivity index (χ0) is 16.0. The molecule has 0 radical (unpaired) electrons. The minimum absolute atomic E-state index is 0.141. The lowest BCUT2D eigenvalue weighted by molar-refractivity contribution is -0.795. The molecule has 0 N–H and O–H groups in total. The molecule has 21 heavy (non-hydrogen) atoms. The van der Waals surface area contributed by atoms with Gasteiger partial charge in [-0.3, -0.25) is 0 Å².